The molecule has 0 aliphatic carbocycles. The molecule has 1 aromatic carbocycles. The highest BCUT2D eigenvalue weighted by Crippen LogP contribution is 2.32. The Morgan fingerprint density at radius 1 is 1.45 bits per heavy atom. The van der Waals surface area contributed by atoms with Crippen molar-refractivity contribution < 1.29 is 9.13 Å². The van der Waals surface area contributed by atoms with Crippen molar-refractivity contribution in [3.05, 3.63) is 29.1 Å². The number of benzene rings is 1. The standard InChI is InChI=1S/C16H25FN2O/c1-10-6-15(13(12(3)18)7-14(10)17)19-8-11(2)20-16(4,5)9-19/h6-7,11-12H,8-9,18H2,1-5H3. The second kappa shape index (κ2) is 5.34. The van der Waals surface area contributed by atoms with Gasteiger partial charge in [-0.05, 0) is 57.9 Å². The number of hydrogen-bond acceptors (Lipinski definition) is 3. The lowest BCUT2D eigenvalue weighted by atomic mass is 9.99. The number of hydrogen-bond donors (Lipinski definition) is 1. The molecule has 20 heavy (non-hydrogen) atoms. The van der Waals surface area contributed by atoms with E-state index in [4.69, 9.17) is 10.5 Å². The van der Waals surface area contributed by atoms with E-state index >= 15 is 0 Å². The summed E-state index contributed by atoms with van der Waals surface area (Å²) in [6.07, 6.45) is 0.144. The molecule has 1 fully saturated rings. The fourth-order valence-corrected chi connectivity index (χ4v) is 2.96. The second-order valence-electron chi connectivity index (χ2n) is 6.52. The maximum Gasteiger partial charge on any atom is 0.126 e. The van der Waals surface area contributed by atoms with Gasteiger partial charge >= 0.3 is 0 Å². The topological polar surface area (TPSA) is 38.5 Å². The van der Waals surface area contributed by atoms with Gasteiger partial charge in [-0.1, -0.05) is 0 Å². The summed E-state index contributed by atoms with van der Waals surface area (Å²) in [7, 11) is 0. The van der Waals surface area contributed by atoms with E-state index in [1.165, 1.54) is 0 Å². The average Bonchev–Trinajstić information content (AvgIpc) is 2.29. The first-order valence-corrected chi connectivity index (χ1v) is 7.18. The van der Waals surface area contributed by atoms with Gasteiger partial charge < -0.3 is 15.4 Å². The second-order valence-corrected chi connectivity index (χ2v) is 6.52. The van der Waals surface area contributed by atoms with Gasteiger partial charge in [0.15, 0.2) is 0 Å². The van der Waals surface area contributed by atoms with Crippen LogP contribution in [0.4, 0.5) is 10.1 Å². The molecule has 1 heterocycles. The largest absolute Gasteiger partial charge is 0.369 e. The van der Waals surface area contributed by atoms with Gasteiger partial charge in [-0.25, -0.2) is 4.39 Å². The minimum Gasteiger partial charge on any atom is -0.369 e. The minimum absolute atomic E-state index is 0.144. The molecule has 4 heteroatoms. The molecule has 1 saturated heterocycles. The predicted molar refractivity (Wildman–Crippen MR) is 80.6 cm³/mol. The summed E-state index contributed by atoms with van der Waals surface area (Å²) >= 11 is 0. The first-order chi connectivity index (χ1) is 9.19. The van der Waals surface area contributed by atoms with Crippen molar-refractivity contribution >= 4 is 5.69 Å². The third-order valence-electron chi connectivity index (χ3n) is 3.71. The lowest BCUT2D eigenvalue weighted by Crippen LogP contribution is -2.52. The molecule has 0 bridgehead atoms. The number of nitrogens with two attached hydrogens (primary N) is 1. The molecular formula is C16H25FN2O. The van der Waals surface area contributed by atoms with Crippen molar-refractivity contribution in [2.45, 2.75) is 52.4 Å². The Morgan fingerprint density at radius 2 is 2.10 bits per heavy atom. The quantitative estimate of drug-likeness (QED) is 0.904. The van der Waals surface area contributed by atoms with Crippen LogP contribution in [0.15, 0.2) is 12.1 Å². The molecule has 1 aliphatic heterocycles. The Labute approximate surface area is 120 Å². The number of nitrogens with zero attached hydrogens (tertiary/aromatic N) is 1. The Kier molecular flexibility index (Phi) is 4.07. The van der Waals surface area contributed by atoms with Gasteiger partial charge in [0, 0.05) is 24.8 Å². The van der Waals surface area contributed by atoms with E-state index in [0.717, 1.165) is 24.3 Å². The molecule has 0 saturated carbocycles. The number of morpholine rings is 1. The SMILES string of the molecule is Cc1cc(N2CC(C)OC(C)(C)C2)c(C(C)N)cc1F. The van der Waals surface area contributed by atoms with Gasteiger partial charge in [0.2, 0.25) is 0 Å². The first-order valence-electron chi connectivity index (χ1n) is 7.18. The minimum atomic E-state index is -0.213. The van der Waals surface area contributed by atoms with Crippen LogP contribution in [0.3, 0.4) is 0 Å². The highest BCUT2D eigenvalue weighted by molar-refractivity contribution is 5.57. The number of rotatable bonds is 2. The monoisotopic (exact) mass is 280 g/mol. The normalized spacial score (nSPS) is 23.8. The Balaban J connectivity index is 2.43. The molecule has 2 N–H and O–H groups in total. The van der Waals surface area contributed by atoms with Crippen molar-refractivity contribution in [2.24, 2.45) is 5.73 Å². The highest BCUT2D eigenvalue weighted by Gasteiger charge is 2.32. The summed E-state index contributed by atoms with van der Waals surface area (Å²) in [5.74, 6) is -0.193. The van der Waals surface area contributed by atoms with Crippen LogP contribution in [0.2, 0.25) is 0 Å². The van der Waals surface area contributed by atoms with E-state index in [-0.39, 0.29) is 23.6 Å². The lowest BCUT2D eigenvalue weighted by molar-refractivity contribution is -0.0750. The van der Waals surface area contributed by atoms with E-state index in [1.54, 1.807) is 13.0 Å². The zero-order valence-corrected chi connectivity index (χ0v) is 13.0. The summed E-state index contributed by atoms with van der Waals surface area (Å²) in [6, 6.07) is 3.28. The van der Waals surface area contributed by atoms with Crippen molar-refractivity contribution in [3.63, 3.8) is 0 Å². The molecule has 0 amide bonds. The summed E-state index contributed by atoms with van der Waals surface area (Å²) < 4.78 is 19.7. The van der Waals surface area contributed by atoms with Gasteiger partial charge in [-0.2, -0.15) is 0 Å². The molecule has 2 atom stereocenters. The Hall–Kier alpha value is -1.13. The fourth-order valence-electron chi connectivity index (χ4n) is 2.96. The van der Waals surface area contributed by atoms with E-state index < -0.39 is 0 Å². The highest BCUT2D eigenvalue weighted by atomic mass is 19.1. The van der Waals surface area contributed by atoms with Crippen LogP contribution in [0.5, 0.6) is 0 Å². The predicted octanol–water partition coefficient (Wildman–Crippen LogP) is 3.16. The third-order valence-corrected chi connectivity index (χ3v) is 3.71. The van der Waals surface area contributed by atoms with Crippen molar-refractivity contribution in [3.8, 4) is 0 Å². The van der Waals surface area contributed by atoms with Gasteiger partial charge in [0.1, 0.15) is 5.82 Å². The van der Waals surface area contributed by atoms with Crippen molar-refractivity contribution in [1.82, 2.24) is 0 Å². The van der Waals surface area contributed by atoms with Crippen molar-refractivity contribution in [1.29, 1.82) is 0 Å². The third kappa shape index (κ3) is 3.13. The fraction of sp³-hybridized carbons (Fsp3) is 0.625. The van der Waals surface area contributed by atoms with Gasteiger partial charge in [-0.15, -0.1) is 0 Å². The number of ether oxygens (including phenoxy) is 1. The van der Waals surface area contributed by atoms with Crippen molar-refractivity contribution in [2.75, 3.05) is 18.0 Å². The number of anilines is 1. The summed E-state index contributed by atoms with van der Waals surface area (Å²) in [6.45, 7) is 11.5. The zero-order valence-electron chi connectivity index (χ0n) is 13.0. The first kappa shape index (κ1) is 15.3. The van der Waals surface area contributed by atoms with E-state index in [2.05, 4.69) is 25.7 Å². The number of aryl methyl sites for hydroxylation is 1. The molecular weight excluding hydrogens is 255 g/mol. The van der Waals surface area contributed by atoms with E-state index in [9.17, 15) is 4.39 Å². The molecule has 2 unspecified atom stereocenters. The van der Waals surface area contributed by atoms with Gasteiger partial charge in [0.05, 0.1) is 11.7 Å². The Bertz CT molecular complexity index is 499. The Morgan fingerprint density at radius 3 is 2.65 bits per heavy atom. The van der Waals surface area contributed by atoms with Gasteiger partial charge in [0.25, 0.3) is 0 Å². The number of halogens is 1. The summed E-state index contributed by atoms with van der Waals surface area (Å²) in [4.78, 5) is 2.26. The molecule has 112 valence electrons. The molecule has 2 rings (SSSR count). The average molecular weight is 280 g/mol. The van der Waals surface area contributed by atoms with E-state index in [1.807, 2.05) is 13.0 Å². The molecule has 3 nitrogen and oxygen atoms in total. The zero-order chi connectivity index (χ0) is 15.1. The summed E-state index contributed by atoms with van der Waals surface area (Å²) in [5, 5.41) is 0. The van der Waals surface area contributed by atoms with Crippen LogP contribution < -0.4 is 10.6 Å². The summed E-state index contributed by atoms with van der Waals surface area (Å²) in [5.41, 5.74) is 8.35. The molecule has 1 aliphatic rings. The maximum atomic E-state index is 13.8. The van der Waals surface area contributed by atoms with Crippen LogP contribution >= 0.6 is 0 Å². The van der Waals surface area contributed by atoms with E-state index in [0.29, 0.717) is 5.56 Å². The van der Waals surface area contributed by atoms with Gasteiger partial charge in [-0.3, -0.25) is 0 Å². The molecule has 1 aromatic rings. The lowest BCUT2D eigenvalue weighted by Gasteiger charge is -2.43. The van der Waals surface area contributed by atoms with Crippen LogP contribution in [0.25, 0.3) is 0 Å². The molecule has 0 spiro atoms. The molecule has 0 aromatic heterocycles. The molecule has 0 radical (unpaired) electrons. The van der Waals surface area contributed by atoms with Crippen LogP contribution in [0.1, 0.15) is 44.9 Å². The van der Waals surface area contributed by atoms with Crippen LogP contribution in [0, 0.1) is 12.7 Å². The smallest absolute Gasteiger partial charge is 0.126 e. The van der Waals surface area contributed by atoms with Crippen LogP contribution in [-0.2, 0) is 4.74 Å². The van der Waals surface area contributed by atoms with Crippen LogP contribution in [-0.4, -0.2) is 24.8 Å². The maximum absolute atomic E-state index is 13.8.